The molecule has 5 rings (SSSR count). The third-order valence-corrected chi connectivity index (χ3v) is 7.79. The number of amidine groups is 1. The van der Waals surface area contributed by atoms with Crippen molar-refractivity contribution < 1.29 is 4.79 Å². The van der Waals surface area contributed by atoms with Crippen LogP contribution >= 0.6 is 46.6 Å². The Bertz CT molecular complexity index is 1540. The molecule has 0 radical (unpaired) electrons. The predicted octanol–water partition coefficient (Wildman–Crippen LogP) is 8.91. The number of hydrogen-bond donors (Lipinski definition) is 0. The lowest BCUT2D eigenvalue weighted by Crippen LogP contribution is -2.32. The van der Waals surface area contributed by atoms with Gasteiger partial charge in [-0.05, 0) is 71.8 Å². The first-order valence-corrected chi connectivity index (χ1v) is 13.8. The second-order valence-electron chi connectivity index (χ2n) is 9.26. The minimum absolute atomic E-state index is 0.0380. The monoisotopic (exact) mass is 567 g/mol. The Kier molecular flexibility index (Phi) is 7.68. The van der Waals surface area contributed by atoms with Crippen molar-refractivity contribution in [2.75, 3.05) is 6.54 Å². The molecule has 0 unspecified atom stereocenters. The van der Waals surface area contributed by atoms with Crippen molar-refractivity contribution in [3.63, 3.8) is 0 Å². The first-order valence-electron chi connectivity index (χ1n) is 11.9. The van der Waals surface area contributed by atoms with Crippen LogP contribution in [0.15, 0.2) is 82.8 Å². The Morgan fingerprint density at radius 3 is 2.43 bits per heavy atom. The van der Waals surface area contributed by atoms with Gasteiger partial charge in [-0.25, -0.2) is 4.99 Å². The summed E-state index contributed by atoms with van der Waals surface area (Å²) in [5.74, 6) is 0.259. The number of thioether (sulfide) groups is 1. The van der Waals surface area contributed by atoms with Gasteiger partial charge in [-0.2, -0.15) is 0 Å². The molecular weight excluding hydrogens is 545 g/mol. The summed E-state index contributed by atoms with van der Waals surface area (Å²) in [6, 6.07) is 21.0. The summed E-state index contributed by atoms with van der Waals surface area (Å²) in [6.07, 6.45) is 4.03. The number of amides is 1. The molecule has 0 aliphatic carbocycles. The number of para-hydroxylation sites is 1. The zero-order valence-electron chi connectivity index (χ0n) is 20.3. The van der Waals surface area contributed by atoms with Crippen LogP contribution < -0.4 is 0 Å². The van der Waals surface area contributed by atoms with Crippen LogP contribution in [0.3, 0.4) is 0 Å². The molecule has 0 bridgehead atoms. The lowest BCUT2D eigenvalue weighted by atomic mass is 10.1. The van der Waals surface area contributed by atoms with Crippen molar-refractivity contribution in [1.82, 2.24) is 9.47 Å². The molecule has 0 saturated carbocycles. The molecule has 2 heterocycles. The van der Waals surface area contributed by atoms with E-state index >= 15 is 0 Å². The van der Waals surface area contributed by atoms with Crippen LogP contribution in [0.1, 0.15) is 25.0 Å². The van der Waals surface area contributed by atoms with Gasteiger partial charge in [0.15, 0.2) is 5.17 Å². The highest BCUT2D eigenvalue weighted by Crippen LogP contribution is 2.36. The van der Waals surface area contributed by atoms with Crippen LogP contribution in [-0.2, 0) is 11.3 Å². The van der Waals surface area contributed by atoms with Gasteiger partial charge in [-0.15, -0.1) is 0 Å². The first-order chi connectivity index (χ1) is 17.8. The SMILES string of the molecule is CC(C)CN1C(=O)/C(=C/c2cn(Cc3ccc(Cl)cc3Cl)c3ccccc23)SC1=Nc1ccc(Cl)cc1. The smallest absolute Gasteiger partial charge is 0.266 e. The number of aliphatic imine (C=N–C) groups is 1. The van der Waals surface area contributed by atoms with E-state index in [1.165, 1.54) is 11.8 Å². The Labute approximate surface area is 235 Å². The van der Waals surface area contributed by atoms with Gasteiger partial charge < -0.3 is 4.57 Å². The summed E-state index contributed by atoms with van der Waals surface area (Å²) in [5, 5.41) is 3.61. The van der Waals surface area contributed by atoms with Crippen LogP contribution in [0, 0.1) is 5.92 Å². The van der Waals surface area contributed by atoms with Gasteiger partial charge in [0.05, 0.1) is 10.6 Å². The Hall–Kier alpha value is -2.70. The molecule has 4 aromatic rings. The van der Waals surface area contributed by atoms with Crippen molar-refractivity contribution >= 4 is 80.3 Å². The van der Waals surface area contributed by atoms with Crippen LogP contribution in [0.5, 0.6) is 0 Å². The zero-order chi connectivity index (χ0) is 26.1. The van der Waals surface area contributed by atoms with Gasteiger partial charge >= 0.3 is 0 Å². The molecule has 3 aromatic carbocycles. The van der Waals surface area contributed by atoms with E-state index in [9.17, 15) is 4.79 Å². The highest BCUT2D eigenvalue weighted by Gasteiger charge is 2.34. The standard InChI is InChI=1S/C29H24Cl3N3OS/c1-18(2)15-35-28(36)27(37-29(35)33-23-11-9-21(30)10-12-23)13-20-17-34(26-6-4-3-5-24(20)26)16-19-7-8-22(31)14-25(19)32/h3-14,17-18H,15-16H2,1-2H3/b27-13-,33-29?. The molecule has 0 spiro atoms. The molecule has 1 fully saturated rings. The maximum atomic E-state index is 13.5. The molecule has 188 valence electrons. The summed E-state index contributed by atoms with van der Waals surface area (Å²) in [7, 11) is 0. The van der Waals surface area contributed by atoms with Gasteiger partial charge in [-0.1, -0.05) is 72.9 Å². The second kappa shape index (κ2) is 11.0. The van der Waals surface area contributed by atoms with E-state index in [2.05, 4.69) is 36.7 Å². The van der Waals surface area contributed by atoms with Crippen molar-refractivity contribution in [2.45, 2.75) is 20.4 Å². The molecule has 1 aliphatic heterocycles. The summed E-state index contributed by atoms with van der Waals surface area (Å²) in [5.41, 5.74) is 3.75. The number of benzene rings is 3. The van der Waals surface area contributed by atoms with Crippen LogP contribution in [0.4, 0.5) is 5.69 Å². The number of aromatic nitrogens is 1. The molecule has 1 aliphatic rings. The fourth-order valence-electron chi connectivity index (χ4n) is 4.24. The van der Waals surface area contributed by atoms with E-state index in [-0.39, 0.29) is 5.91 Å². The maximum absolute atomic E-state index is 13.5. The highest BCUT2D eigenvalue weighted by molar-refractivity contribution is 8.18. The first kappa shape index (κ1) is 25.9. The average Bonchev–Trinajstić information content (AvgIpc) is 3.35. The highest BCUT2D eigenvalue weighted by atomic mass is 35.5. The number of carbonyl (C=O) groups excluding carboxylic acids is 1. The zero-order valence-corrected chi connectivity index (χ0v) is 23.4. The minimum atomic E-state index is -0.0380. The summed E-state index contributed by atoms with van der Waals surface area (Å²) in [4.78, 5) is 20.7. The van der Waals surface area contributed by atoms with E-state index in [1.54, 1.807) is 23.1 Å². The number of hydrogen-bond acceptors (Lipinski definition) is 3. The van der Waals surface area contributed by atoms with E-state index in [0.717, 1.165) is 27.7 Å². The van der Waals surface area contributed by atoms with Gasteiger partial charge in [0, 0.05) is 50.8 Å². The maximum Gasteiger partial charge on any atom is 0.266 e. The molecule has 4 nitrogen and oxygen atoms in total. The molecule has 8 heteroatoms. The molecule has 1 aromatic heterocycles. The third-order valence-electron chi connectivity index (χ3n) is 5.95. The lowest BCUT2D eigenvalue weighted by Gasteiger charge is -2.17. The molecule has 1 saturated heterocycles. The van der Waals surface area contributed by atoms with Crippen LogP contribution in [-0.4, -0.2) is 27.1 Å². The number of halogens is 3. The molecule has 0 atom stereocenters. The number of nitrogens with zero attached hydrogens (tertiary/aromatic N) is 3. The van der Waals surface area contributed by atoms with Crippen LogP contribution in [0.2, 0.25) is 15.1 Å². The Balaban J connectivity index is 1.53. The van der Waals surface area contributed by atoms with E-state index < -0.39 is 0 Å². The summed E-state index contributed by atoms with van der Waals surface area (Å²) < 4.78 is 2.15. The quantitative estimate of drug-likeness (QED) is 0.218. The summed E-state index contributed by atoms with van der Waals surface area (Å²) >= 11 is 20.0. The van der Waals surface area contributed by atoms with E-state index in [1.807, 2.05) is 42.5 Å². The van der Waals surface area contributed by atoms with E-state index in [4.69, 9.17) is 39.8 Å². The number of fused-ring (bicyclic) bond motifs is 1. The largest absolute Gasteiger partial charge is 0.342 e. The molecule has 37 heavy (non-hydrogen) atoms. The van der Waals surface area contributed by atoms with Gasteiger partial charge in [0.2, 0.25) is 0 Å². The third kappa shape index (κ3) is 5.75. The predicted molar refractivity (Wildman–Crippen MR) is 158 cm³/mol. The molecule has 0 N–H and O–H groups in total. The van der Waals surface area contributed by atoms with Gasteiger partial charge in [0.1, 0.15) is 0 Å². The lowest BCUT2D eigenvalue weighted by molar-refractivity contribution is -0.122. The second-order valence-corrected chi connectivity index (χ2v) is 11.5. The molecular formula is C29H24Cl3N3OS. The van der Waals surface area contributed by atoms with Gasteiger partial charge in [0.25, 0.3) is 5.91 Å². The van der Waals surface area contributed by atoms with E-state index in [0.29, 0.717) is 44.1 Å². The fraction of sp³-hybridized carbons (Fsp3) is 0.172. The average molecular weight is 569 g/mol. The van der Waals surface area contributed by atoms with Crippen LogP contribution in [0.25, 0.3) is 17.0 Å². The normalized spacial score (nSPS) is 16.2. The van der Waals surface area contributed by atoms with Crippen molar-refractivity contribution in [3.05, 3.63) is 104 Å². The summed E-state index contributed by atoms with van der Waals surface area (Å²) in [6.45, 7) is 5.36. The van der Waals surface area contributed by atoms with Crippen molar-refractivity contribution in [1.29, 1.82) is 0 Å². The van der Waals surface area contributed by atoms with Gasteiger partial charge in [-0.3, -0.25) is 9.69 Å². The minimum Gasteiger partial charge on any atom is -0.342 e. The van der Waals surface area contributed by atoms with Crippen molar-refractivity contribution in [2.24, 2.45) is 10.9 Å². The fourth-order valence-corrected chi connectivity index (χ4v) is 5.83. The number of carbonyl (C=O) groups is 1. The van der Waals surface area contributed by atoms with Crippen molar-refractivity contribution in [3.8, 4) is 0 Å². The molecule has 1 amide bonds. The number of rotatable bonds is 6. The topological polar surface area (TPSA) is 37.6 Å². The Morgan fingerprint density at radius 2 is 1.70 bits per heavy atom. The Morgan fingerprint density at radius 1 is 0.973 bits per heavy atom.